The second kappa shape index (κ2) is 6.61. The number of carbonyl (C=O) groups is 1. The molecule has 0 spiro atoms. The van der Waals surface area contributed by atoms with Crippen LogP contribution in [-0.4, -0.2) is 24.5 Å². The molecule has 1 aromatic heterocycles. The van der Waals surface area contributed by atoms with Crippen molar-refractivity contribution in [3.63, 3.8) is 0 Å². The summed E-state index contributed by atoms with van der Waals surface area (Å²) < 4.78 is 36.1. The lowest BCUT2D eigenvalue weighted by Crippen LogP contribution is -2.25. The van der Waals surface area contributed by atoms with Crippen molar-refractivity contribution in [3.8, 4) is 0 Å². The first-order chi connectivity index (χ1) is 11.8. The molecule has 130 valence electrons. The highest BCUT2D eigenvalue weighted by molar-refractivity contribution is 7.89. The van der Waals surface area contributed by atoms with Crippen LogP contribution < -0.4 is 10.5 Å². The lowest BCUT2D eigenvalue weighted by atomic mass is 10.1. The number of fused-ring (bicyclic) bond motifs is 1. The van der Waals surface area contributed by atoms with E-state index in [0.717, 1.165) is 28.6 Å². The Morgan fingerprint density at radius 2 is 1.96 bits per heavy atom. The molecule has 3 aromatic rings. The molecule has 0 saturated heterocycles. The van der Waals surface area contributed by atoms with E-state index >= 15 is 0 Å². The summed E-state index contributed by atoms with van der Waals surface area (Å²) in [4.78, 5) is 11.5. The quantitative estimate of drug-likeness (QED) is 0.632. The second-order valence-corrected chi connectivity index (χ2v) is 7.08. The van der Waals surface area contributed by atoms with Crippen molar-refractivity contribution in [3.05, 3.63) is 59.5 Å². The van der Waals surface area contributed by atoms with E-state index in [2.05, 4.69) is 15.5 Å². The van der Waals surface area contributed by atoms with Gasteiger partial charge in [0.15, 0.2) is 0 Å². The third kappa shape index (κ3) is 4.01. The first-order valence-electron chi connectivity index (χ1n) is 7.33. The fraction of sp³-hybridized carbons (Fsp3) is 0.125. The van der Waals surface area contributed by atoms with Gasteiger partial charge < -0.3 is 5.32 Å². The number of benzene rings is 2. The average molecular weight is 362 g/mol. The lowest BCUT2D eigenvalue weighted by molar-refractivity contribution is -0.120. The molecule has 3 rings (SSSR count). The number of nitrogens with one attached hydrogen (secondary N) is 2. The van der Waals surface area contributed by atoms with E-state index in [1.54, 1.807) is 6.20 Å². The van der Waals surface area contributed by atoms with E-state index < -0.39 is 20.7 Å². The second-order valence-electron chi connectivity index (χ2n) is 5.55. The summed E-state index contributed by atoms with van der Waals surface area (Å²) in [5.41, 5.74) is 2.07. The van der Waals surface area contributed by atoms with Gasteiger partial charge in [0.2, 0.25) is 15.9 Å². The average Bonchev–Trinajstić information content (AvgIpc) is 3.00. The van der Waals surface area contributed by atoms with Crippen molar-refractivity contribution in [1.29, 1.82) is 0 Å². The van der Waals surface area contributed by atoms with Crippen LogP contribution in [0, 0.1) is 5.82 Å². The Kier molecular flexibility index (Phi) is 4.51. The molecule has 0 aliphatic carbocycles. The van der Waals surface area contributed by atoms with Gasteiger partial charge in [0, 0.05) is 11.9 Å². The Morgan fingerprint density at radius 1 is 1.20 bits per heavy atom. The number of nitrogens with two attached hydrogens (primary N) is 1. The Hall–Kier alpha value is -2.78. The van der Waals surface area contributed by atoms with Gasteiger partial charge >= 0.3 is 0 Å². The fourth-order valence-corrected chi connectivity index (χ4v) is 3.07. The predicted molar refractivity (Wildman–Crippen MR) is 89.4 cm³/mol. The molecule has 4 N–H and O–H groups in total. The van der Waals surface area contributed by atoms with Gasteiger partial charge in [-0.15, -0.1) is 0 Å². The zero-order chi connectivity index (χ0) is 18.0. The predicted octanol–water partition coefficient (Wildman–Crippen LogP) is 1.21. The van der Waals surface area contributed by atoms with Crippen LogP contribution in [0.2, 0.25) is 0 Å². The Morgan fingerprint density at radius 3 is 2.72 bits per heavy atom. The van der Waals surface area contributed by atoms with Crippen molar-refractivity contribution >= 4 is 26.8 Å². The highest BCUT2D eigenvalue weighted by Crippen LogP contribution is 2.15. The van der Waals surface area contributed by atoms with E-state index in [1.165, 1.54) is 6.07 Å². The molecule has 0 saturated carbocycles. The SMILES string of the molecule is NS(=O)(=O)c1cc(CNC(=O)Cc2ccc3cn[nH]c3c2)ccc1F. The minimum Gasteiger partial charge on any atom is -0.352 e. The van der Waals surface area contributed by atoms with Crippen LogP contribution in [0.25, 0.3) is 10.9 Å². The summed E-state index contributed by atoms with van der Waals surface area (Å²) >= 11 is 0. The molecule has 0 aliphatic heterocycles. The van der Waals surface area contributed by atoms with Crippen LogP contribution in [0.4, 0.5) is 4.39 Å². The number of rotatable bonds is 5. The maximum absolute atomic E-state index is 13.5. The fourth-order valence-electron chi connectivity index (χ4n) is 2.42. The standard InChI is InChI=1S/C16H15FN4O3S/c17-13-4-2-11(6-15(13)25(18,23)24)8-19-16(22)7-10-1-3-12-9-20-21-14(12)5-10/h1-6,9H,7-8H2,(H,19,22)(H,20,21)(H2,18,23,24). The van der Waals surface area contributed by atoms with Gasteiger partial charge in [-0.2, -0.15) is 5.10 Å². The van der Waals surface area contributed by atoms with Gasteiger partial charge in [-0.25, -0.2) is 17.9 Å². The van der Waals surface area contributed by atoms with E-state index in [1.807, 2.05) is 18.2 Å². The number of nitrogens with zero attached hydrogens (tertiary/aromatic N) is 1. The van der Waals surface area contributed by atoms with Crippen LogP contribution in [-0.2, 0) is 27.8 Å². The number of aromatic nitrogens is 2. The zero-order valence-corrected chi connectivity index (χ0v) is 13.8. The largest absolute Gasteiger partial charge is 0.352 e. The van der Waals surface area contributed by atoms with Gasteiger partial charge in [0.05, 0.1) is 18.1 Å². The molecule has 9 heteroatoms. The molecule has 25 heavy (non-hydrogen) atoms. The van der Waals surface area contributed by atoms with Crippen molar-refractivity contribution < 1.29 is 17.6 Å². The minimum absolute atomic E-state index is 0.0634. The summed E-state index contributed by atoms with van der Waals surface area (Å²) in [7, 11) is -4.16. The van der Waals surface area contributed by atoms with Gasteiger partial charge in [-0.1, -0.05) is 18.2 Å². The van der Waals surface area contributed by atoms with Crippen LogP contribution >= 0.6 is 0 Å². The number of primary sulfonamides is 1. The van der Waals surface area contributed by atoms with Crippen molar-refractivity contribution in [1.82, 2.24) is 15.5 Å². The molecule has 0 bridgehead atoms. The van der Waals surface area contributed by atoms with E-state index in [-0.39, 0.29) is 18.9 Å². The first-order valence-corrected chi connectivity index (χ1v) is 8.87. The third-order valence-electron chi connectivity index (χ3n) is 3.66. The maximum atomic E-state index is 13.5. The summed E-state index contributed by atoms with van der Waals surface area (Å²) in [5.74, 6) is -1.18. The smallest absolute Gasteiger partial charge is 0.240 e. The highest BCUT2D eigenvalue weighted by atomic mass is 32.2. The summed E-state index contributed by atoms with van der Waals surface area (Å²) in [5, 5.41) is 15.3. The molecular weight excluding hydrogens is 347 g/mol. The Balaban J connectivity index is 1.66. The minimum atomic E-state index is -4.16. The number of carbonyl (C=O) groups excluding carboxylic acids is 1. The number of halogens is 1. The summed E-state index contributed by atoms with van der Waals surface area (Å²) in [6, 6.07) is 9.03. The molecule has 1 amide bonds. The number of H-pyrrole nitrogens is 1. The highest BCUT2D eigenvalue weighted by Gasteiger charge is 2.15. The third-order valence-corrected chi connectivity index (χ3v) is 4.59. The van der Waals surface area contributed by atoms with E-state index in [9.17, 15) is 17.6 Å². The molecule has 0 radical (unpaired) electrons. The maximum Gasteiger partial charge on any atom is 0.240 e. The molecular formula is C16H15FN4O3S. The van der Waals surface area contributed by atoms with Crippen LogP contribution in [0.5, 0.6) is 0 Å². The van der Waals surface area contributed by atoms with Crippen LogP contribution in [0.1, 0.15) is 11.1 Å². The Labute approximate surface area is 143 Å². The van der Waals surface area contributed by atoms with Crippen LogP contribution in [0.3, 0.4) is 0 Å². The molecule has 0 atom stereocenters. The monoisotopic (exact) mass is 362 g/mol. The van der Waals surface area contributed by atoms with Gasteiger partial charge in [-0.05, 0) is 29.3 Å². The zero-order valence-electron chi connectivity index (χ0n) is 13.0. The van der Waals surface area contributed by atoms with E-state index in [0.29, 0.717) is 5.56 Å². The van der Waals surface area contributed by atoms with Gasteiger partial charge in [0.25, 0.3) is 0 Å². The molecule has 0 aliphatic rings. The summed E-state index contributed by atoms with van der Waals surface area (Å²) in [6.07, 6.45) is 1.84. The molecule has 0 fully saturated rings. The van der Waals surface area contributed by atoms with E-state index in [4.69, 9.17) is 5.14 Å². The molecule has 0 unspecified atom stereocenters. The number of sulfonamides is 1. The molecule has 1 heterocycles. The first kappa shape index (κ1) is 17.1. The number of amides is 1. The normalized spacial score (nSPS) is 11.6. The Bertz CT molecular complexity index is 1050. The number of hydrogen-bond acceptors (Lipinski definition) is 4. The number of aromatic amines is 1. The topological polar surface area (TPSA) is 118 Å². The van der Waals surface area contributed by atoms with Crippen molar-refractivity contribution in [2.24, 2.45) is 5.14 Å². The van der Waals surface area contributed by atoms with Crippen molar-refractivity contribution in [2.75, 3.05) is 0 Å². The van der Waals surface area contributed by atoms with Gasteiger partial charge in [-0.3, -0.25) is 9.89 Å². The van der Waals surface area contributed by atoms with Crippen molar-refractivity contribution in [2.45, 2.75) is 17.9 Å². The lowest BCUT2D eigenvalue weighted by Gasteiger charge is -2.08. The summed E-state index contributed by atoms with van der Waals surface area (Å²) in [6.45, 7) is 0.0634. The van der Waals surface area contributed by atoms with Gasteiger partial charge in [0.1, 0.15) is 10.7 Å². The molecule has 2 aromatic carbocycles. The molecule has 7 nitrogen and oxygen atoms in total. The van der Waals surface area contributed by atoms with Crippen LogP contribution in [0.15, 0.2) is 47.5 Å². The number of hydrogen-bond donors (Lipinski definition) is 3.